The van der Waals surface area contributed by atoms with Gasteiger partial charge in [-0.3, -0.25) is 9.59 Å². The maximum Gasteiger partial charge on any atom is 0.255 e. The molecule has 51 heavy (non-hydrogen) atoms. The summed E-state index contributed by atoms with van der Waals surface area (Å²) in [5, 5.41) is 14.7. The first-order valence-corrected chi connectivity index (χ1v) is 21.0. The Labute approximate surface area is 302 Å². The number of carbonyl (C=O) groups excluding carboxylic acids is 2. The van der Waals surface area contributed by atoms with E-state index in [1.807, 2.05) is 47.4 Å². The lowest BCUT2D eigenvalue weighted by Gasteiger charge is -2.39. The van der Waals surface area contributed by atoms with Gasteiger partial charge < -0.3 is 29.5 Å². The van der Waals surface area contributed by atoms with Crippen LogP contribution < -0.4 is 20.0 Å². The van der Waals surface area contributed by atoms with Crippen LogP contribution in [0.3, 0.4) is 0 Å². The summed E-state index contributed by atoms with van der Waals surface area (Å²) in [5.74, 6) is 1.61. The number of amides is 2. The van der Waals surface area contributed by atoms with Crippen molar-refractivity contribution in [1.82, 2.24) is 4.90 Å². The van der Waals surface area contributed by atoms with Crippen molar-refractivity contribution in [1.29, 1.82) is 0 Å². The van der Waals surface area contributed by atoms with Crippen molar-refractivity contribution in [3.8, 4) is 11.5 Å². The first kappa shape index (κ1) is 36.4. The number of aliphatic hydroxyl groups is 1. The maximum atomic E-state index is 14.2. The van der Waals surface area contributed by atoms with Gasteiger partial charge in [0.05, 0.1) is 53.6 Å². The highest BCUT2D eigenvalue weighted by atomic mass is 28.3. The predicted octanol–water partition coefficient (Wildman–Crippen LogP) is 6.61. The van der Waals surface area contributed by atoms with E-state index in [1.54, 1.807) is 38.5 Å². The molecule has 268 valence electrons. The zero-order valence-electron chi connectivity index (χ0n) is 30.3. The largest absolute Gasteiger partial charge is 0.497 e. The predicted molar refractivity (Wildman–Crippen MR) is 204 cm³/mol. The Hall–Kier alpha value is -4.44. The third-order valence-electron chi connectivity index (χ3n) is 11.1. The number of aliphatic hydroxyl groups excluding tert-OH is 1. The van der Waals surface area contributed by atoms with Crippen LogP contribution in [-0.4, -0.2) is 69.0 Å². The topological polar surface area (TPSA) is 97.3 Å². The number of anilines is 1. The van der Waals surface area contributed by atoms with Crippen molar-refractivity contribution in [3.05, 3.63) is 119 Å². The Morgan fingerprint density at radius 2 is 1.55 bits per heavy atom. The minimum atomic E-state index is -2.18. The quantitative estimate of drug-likeness (QED) is 0.161. The van der Waals surface area contributed by atoms with Gasteiger partial charge in [0.1, 0.15) is 11.5 Å². The van der Waals surface area contributed by atoms with Gasteiger partial charge in [0.2, 0.25) is 5.91 Å². The van der Waals surface area contributed by atoms with E-state index >= 15 is 0 Å². The van der Waals surface area contributed by atoms with E-state index in [2.05, 4.69) is 55.7 Å². The minimum Gasteiger partial charge on any atom is -0.497 e. The van der Waals surface area contributed by atoms with Crippen LogP contribution in [0, 0.1) is 5.92 Å². The monoisotopic (exact) mass is 706 g/mol. The van der Waals surface area contributed by atoms with Gasteiger partial charge in [-0.05, 0) is 95.9 Å². The average Bonchev–Trinajstić information content (AvgIpc) is 3.47. The lowest BCUT2D eigenvalue weighted by atomic mass is 9.93. The molecule has 0 unspecified atom stereocenters. The van der Waals surface area contributed by atoms with Crippen molar-refractivity contribution < 1.29 is 28.9 Å². The summed E-state index contributed by atoms with van der Waals surface area (Å²) in [4.78, 5) is 29.0. The lowest BCUT2D eigenvalue weighted by Crippen LogP contribution is -2.52. The van der Waals surface area contributed by atoms with Gasteiger partial charge in [0.25, 0.3) is 5.91 Å². The van der Waals surface area contributed by atoms with Crippen LogP contribution in [-0.2, 0) is 28.9 Å². The zero-order valence-corrected chi connectivity index (χ0v) is 31.3. The molecule has 2 aliphatic rings. The number of hydrogen-bond donors (Lipinski definition) is 2. The summed E-state index contributed by atoms with van der Waals surface area (Å²) in [6.45, 7) is 7.50. The molecular weight excluding hydrogens is 657 g/mol. The molecular formula is C42H50N2O6Si. The van der Waals surface area contributed by atoms with Crippen LogP contribution in [0.4, 0.5) is 5.69 Å². The van der Waals surface area contributed by atoms with E-state index in [9.17, 15) is 14.7 Å². The molecule has 2 N–H and O–H groups in total. The molecule has 0 radical (unpaired) electrons. The highest BCUT2D eigenvalue weighted by Gasteiger charge is 2.51. The standard InChI is InChI=1S/C42H50N2O6Si/c1-28-38(22-13-29-9-8-12-33(23-29)43-42(47)30-14-16-35(48-2)17-15-30)50-39(41(28)51(4,5)37-20-18-36(49-3)19-21-37)25-40(46)44-26-32-11-7-6-10-31(32)24-34(44)27-45/h6-12,14-21,23,28,34,38-39,41,45H,13,22,24-27H2,1-5H3,(H,43,47)/t28-,34-,38+,39-,41+/m0/s1. The number of carbonyl (C=O) groups is 2. The van der Waals surface area contributed by atoms with Crippen LogP contribution in [0.15, 0.2) is 97.1 Å². The van der Waals surface area contributed by atoms with Crippen molar-refractivity contribution in [3.63, 3.8) is 0 Å². The van der Waals surface area contributed by atoms with Crippen LogP contribution in [0.5, 0.6) is 11.5 Å². The molecule has 4 aromatic carbocycles. The van der Waals surface area contributed by atoms with Crippen molar-refractivity contribution in [2.75, 3.05) is 26.1 Å². The zero-order chi connectivity index (χ0) is 36.1. The van der Waals surface area contributed by atoms with E-state index in [0.29, 0.717) is 24.3 Å². The van der Waals surface area contributed by atoms with E-state index in [-0.39, 0.29) is 54.6 Å². The molecule has 0 spiro atoms. The fourth-order valence-electron chi connectivity index (χ4n) is 8.23. The lowest BCUT2D eigenvalue weighted by molar-refractivity contribution is -0.138. The Bertz CT molecular complexity index is 1810. The second-order valence-electron chi connectivity index (χ2n) is 14.5. The Kier molecular flexibility index (Phi) is 11.3. The van der Waals surface area contributed by atoms with Crippen LogP contribution in [0.25, 0.3) is 0 Å². The molecule has 2 amide bonds. The van der Waals surface area contributed by atoms with Crippen molar-refractivity contribution >= 4 is 30.8 Å². The molecule has 1 saturated heterocycles. The van der Waals surface area contributed by atoms with E-state index in [0.717, 1.165) is 35.4 Å². The van der Waals surface area contributed by atoms with Gasteiger partial charge in [-0.25, -0.2) is 0 Å². The fraction of sp³-hybridized carbons (Fsp3) is 0.381. The Morgan fingerprint density at radius 1 is 0.882 bits per heavy atom. The van der Waals surface area contributed by atoms with Gasteiger partial charge in [-0.15, -0.1) is 0 Å². The summed E-state index contributed by atoms with van der Waals surface area (Å²) in [6, 6.07) is 31.4. The Balaban J connectivity index is 1.19. The van der Waals surface area contributed by atoms with Crippen LogP contribution in [0.1, 0.15) is 46.8 Å². The second-order valence-corrected chi connectivity index (χ2v) is 19.2. The van der Waals surface area contributed by atoms with Crippen LogP contribution in [0.2, 0.25) is 18.6 Å². The number of aryl methyl sites for hydroxylation is 1. The second kappa shape index (κ2) is 15.8. The SMILES string of the molecule is COc1ccc(C(=O)Nc2cccc(CC[C@H]3O[C@@H](CC(=O)N4Cc5ccccc5C[C@H]4CO)[C@H]([Si](C)(C)c4ccc(OC)cc4)[C@H]3C)c2)cc1. The number of benzene rings is 4. The first-order chi connectivity index (χ1) is 24.6. The molecule has 1 fully saturated rings. The van der Waals surface area contributed by atoms with Crippen molar-refractivity contribution in [2.45, 2.75) is 76.0 Å². The molecule has 0 aromatic heterocycles. The number of nitrogens with one attached hydrogen (secondary N) is 1. The van der Waals surface area contributed by atoms with Gasteiger partial charge in [0.15, 0.2) is 0 Å². The smallest absolute Gasteiger partial charge is 0.255 e. The Morgan fingerprint density at radius 3 is 2.22 bits per heavy atom. The van der Waals surface area contributed by atoms with Gasteiger partial charge in [-0.2, -0.15) is 0 Å². The summed E-state index contributed by atoms with van der Waals surface area (Å²) >= 11 is 0. The molecule has 5 atom stereocenters. The average molecular weight is 707 g/mol. The molecule has 6 rings (SSSR count). The highest BCUT2D eigenvalue weighted by molar-refractivity contribution is 6.91. The molecule has 2 aliphatic heterocycles. The van der Waals surface area contributed by atoms with E-state index < -0.39 is 8.07 Å². The first-order valence-electron chi connectivity index (χ1n) is 17.9. The summed E-state index contributed by atoms with van der Waals surface area (Å²) in [6.07, 6.45) is 2.22. The summed E-state index contributed by atoms with van der Waals surface area (Å²) in [7, 11) is 1.10. The minimum absolute atomic E-state index is 0.0336. The number of ether oxygens (including phenoxy) is 3. The normalized spacial score (nSPS) is 21.5. The van der Waals surface area contributed by atoms with Gasteiger partial charge in [0, 0.05) is 17.8 Å². The summed E-state index contributed by atoms with van der Waals surface area (Å²) in [5.41, 5.74) is 4.94. The molecule has 4 aromatic rings. The molecule has 0 aliphatic carbocycles. The van der Waals surface area contributed by atoms with E-state index in [4.69, 9.17) is 14.2 Å². The molecule has 8 nitrogen and oxygen atoms in total. The molecule has 2 heterocycles. The molecule has 0 bridgehead atoms. The fourth-order valence-corrected chi connectivity index (χ4v) is 12.3. The number of methoxy groups -OCH3 is 2. The third-order valence-corrected chi connectivity index (χ3v) is 15.5. The number of fused-ring (bicyclic) bond motifs is 1. The van der Waals surface area contributed by atoms with Crippen LogP contribution >= 0.6 is 0 Å². The number of rotatable bonds is 12. The summed E-state index contributed by atoms with van der Waals surface area (Å²) < 4.78 is 17.6. The molecule has 0 saturated carbocycles. The third kappa shape index (κ3) is 8.06. The highest BCUT2D eigenvalue weighted by Crippen LogP contribution is 2.47. The van der Waals surface area contributed by atoms with Crippen molar-refractivity contribution in [2.24, 2.45) is 5.92 Å². The maximum absolute atomic E-state index is 14.2. The van der Waals surface area contributed by atoms with Gasteiger partial charge in [-0.1, -0.05) is 73.7 Å². The van der Waals surface area contributed by atoms with Gasteiger partial charge >= 0.3 is 0 Å². The van der Waals surface area contributed by atoms with E-state index in [1.165, 1.54) is 10.8 Å². The number of hydrogen-bond acceptors (Lipinski definition) is 6. The number of nitrogens with zero attached hydrogens (tertiary/aromatic N) is 1. The molecule has 9 heteroatoms.